The number of phenols is 1. The van der Waals surface area contributed by atoms with E-state index in [0.717, 1.165) is 17.7 Å². The molecule has 0 amide bonds. The quantitative estimate of drug-likeness (QED) is 0.455. The molecule has 0 atom stereocenters. The molecule has 0 aliphatic rings. The van der Waals surface area contributed by atoms with E-state index in [9.17, 15) is 25.3 Å². The molecule has 0 fully saturated rings. The Morgan fingerprint density at radius 2 is 1.88 bits per heavy atom. The lowest BCUT2D eigenvalue weighted by Crippen LogP contribution is -1.98. The van der Waals surface area contributed by atoms with Crippen LogP contribution in [0.4, 0.5) is 17.1 Å². The summed E-state index contributed by atoms with van der Waals surface area (Å²) < 4.78 is 0. The lowest BCUT2D eigenvalue weighted by atomic mass is 10.1. The third-order valence-electron chi connectivity index (χ3n) is 3.20. The number of hydrogen-bond donors (Lipinski definition) is 2. The highest BCUT2D eigenvalue weighted by atomic mass is 16.6. The van der Waals surface area contributed by atoms with Gasteiger partial charge in [0.1, 0.15) is 11.4 Å². The second kappa shape index (κ2) is 7.68. The molecule has 0 saturated carbocycles. The zero-order valence-electron chi connectivity index (χ0n) is 12.5. The minimum atomic E-state index is -0.715. The molecule has 0 aliphatic carbocycles. The first-order valence-electron chi connectivity index (χ1n) is 6.96. The first kappa shape index (κ1) is 16.9. The number of para-hydroxylation sites is 1. The second-order valence-electron chi connectivity index (χ2n) is 4.81. The Bertz CT molecular complexity index is 791. The van der Waals surface area contributed by atoms with Crippen molar-refractivity contribution in [2.45, 2.75) is 12.8 Å². The molecule has 0 spiro atoms. The number of anilines is 1. The van der Waals surface area contributed by atoms with Crippen molar-refractivity contribution in [1.29, 1.82) is 0 Å². The van der Waals surface area contributed by atoms with Gasteiger partial charge < -0.3 is 5.11 Å². The maximum Gasteiger partial charge on any atom is 0.301 e. The summed E-state index contributed by atoms with van der Waals surface area (Å²) in [5.41, 5.74) is 2.54. The van der Waals surface area contributed by atoms with E-state index in [1.54, 1.807) is 18.2 Å². The van der Waals surface area contributed by atoms with Crippen LogP contribution in [0.25, 0.3) is 0 Å². The SMILES string of the molecule is O=[N+]([O-])c1ccc(N/N=C\CCc2ccccc2O)c([N+](=O)[O-])c1. The van der Waals surface area contributed by atoms with Gasteiger partial charge in [-0.25, -0.2) is 0 Å². The molecule has 124 valence electrons. The standard InChI is InChI=1S/C15H14N4O5/c20-15-6-2-1-4-11(15)5-3-9-16-17-13-8-7-12(18(21)22)10-14(13)19(23)24/h1-2,4,6-10,17,20H,3,5H2/b16-9-. The molecule has 0 radical (unpaired) electrons. The number of nitrogens with one attached hydrogen (secondary N) is 1. The molecule has 2 aromatic carbocycles. The molecule has 2 N–H and O–H groups in total. The molecular weight excluding hydrogens is 316 g/mol. The van der Waals surface area contributed by atoms with Crippen LogP contribution in [-0.4, -0.2) is 21.2 Å². The van der Waals surface area contributed by atoms with Crippen LogP contribution in [0.3, 0.4) is 0 Å². The van der Waals surface area contributed by atoms with Gasteiger partial charge in [-0.05, 0) is 30.5 Å². The molecule has 2 rings (SSSR count). The molecule has 0 saturated heterocycles. The highest BCUT2D eigenvalue weighted by Crippen LogP contribution is 2.28. The summed E-state index contributed by atoms with van der Waals surface area (Å²) in [7, 11) is 0. The summed E-state index contributed by atoms with van der Waals surface area (Å²) in [4.78, 5) is 20.2. The molecule has 24 heavy (non-hydrogen) atoms. The van der Waals surface area contributed by atoms with Gasteiger partial charge in [-0.15, -0.1) is 0 Å². The summed E-state index contributed by atoms with van der Waals surface area (Å²) in [6.45, 7) is 0. The van der Waals surface area contributed by atoms with Gasteiger partial charge in [-0.3, -0.25) is 25.7 Å². The fourth-order valence-corrected chi connectivity index (χ4v) is 2.00. The molecule has 0 aliphatic heterocycles. The molecule has 0 unspecified atom stereocenters. The zero-order valence-corrected chi connectivity index (χ0v) is 12.5. The molecule has 9 heteroatoms. The fraction of sp³-hybridized carbons (Fsp3) is 0.133. The Labute approximate surface area is 136 Å². The summed E-state index contributed by atoms with van der Waals surface area (Å²) in [5, 5.41) is 35.1. The number of non-ortho nitro benzene ring substituents is 1. The highest BCUT2D eigenvalue weighted by Gasteiger charge is 2.18. The van der Waals surface area contributed by atoms with Gasteiger partial charge in [-0.1, -0.05) is 18.2 Å². The normalized spacial score (nSPS) is 10.7. The van der Waals surface area contributed by atoms with Crippen LogP contribution >= 0.6 is 0 Å². The van der Waals surface area contributed by atoms with Gasteiger partial charge in [-0.2, -0.15) is 5.10 Å². The number of rotatable bonds is 7. The van der Waals surface area contributed by atoms with Crippen molar-refractivity contribution in [2.75, 3.05) is 5.43 Å². The average Bonchev–Trinajstić information content (AvgIpc) is 2.56. The van der Waals surface area contributed by atoms with E-state index >= 15 is 0 Å². The third-order valence-corrected chi connectivity index (χ3v) is 3.20. The summed E-state index contributed by atoms with van der Waals surface area (Å²) in [5.74, 6) is 0.199. The number of hydrazone groups is 1. The van der Waals surface area contributed by atoms with Crippen molar-refractivity contribution >= 4 is 23.3 Å². The van der Waals surface area contributed by atoms with E-state index in [2.05, 4.69) is 10.5 Å². The second-order valence-corrected chi connectivity index (χ2v) is 4.81. The largest absolute Gasteiger partial charge is 0.508 e. The lowest BCUT2D eigenvalue weighted by Gasteiger charge is -2.03. The number of benzene rings is 2. The average molecular weight is 330 g/mol. The zero-order chi connectivity index (χ0) is 17.5. The van der Waals surface area contributed by atoms with Gasteiger partial charge >= 0.3 is 5.69 Å². The first-order valence-corrected chi connectivity index (χ1v) is 6.96. The van der Waals surface area contributed by atoms with Crippen LogP contribution in [0.5, 0.6) is 5.75 Å². The van der Waals surface area contributed by atoms with Gasteiger partial charge in [0, 0.05) is 12.3 Å². The summed E-state index contributed by atoms with van der Waals surface area (Å²) in [6.07, 6.45) is 2.57. The van der Waals surface area contributed by atoms with E-state index in [1.165, 1.54) is 12.3 Å². The minimum absolute atomic E-state index is 0.0596. The maximum absolute atomic E-state index is 11.0. The van der Waals surface area contributed by atoms with Crippen LogP contribution < -0.4 is 5.43 Å². The lowest BCUT2D eigenvalue weighted by molar-refractivity contribution is -0.393. The smallest absolute Gasteiger partial charge is 0.301 e. The van der Waals surface area contributed by atoms with Crippen LogP contribution in [-0.2, 0) is 6.42 Å². The van der Waals surface area contributed by atoms with Crippen molar-refractivity contribution in [1.82, 2.24) is 0 Å². The van der Waals surface area contributed by atoms with Crippen molar-refractivity contribution in [3.05, 3.63) is 68.3 Å². The van der Waals surface area contributed by atoms with Gasteiger partial charge in [0.25, 0.3) is 5.69 Å². The van der Waals surface area contributed by atoms with Crippen LogP contribution in [0.2, 0.25) is 0 Å². The van der Waals surface area contributed by atoms with Gasteiger partial charge in [0.15, 0.2) is 0 Å². The molecule has 9 nitrogen and oxygen atoms in total. The molecule has 2 aromatic rings. The summed E-state index contributed by atoms with van der Waals surface area (Å²) >= 11 is 0. The van der Waals surface area contributed by atoms with Crippen LogP contribution in [0.15, 0.2) is 47.6 Å². The molecule has 0 bridgehead atoms. The first-order chi connectivity index (χ1) is 11.5. The number of nitro groups is 2. The Morgan fingerprint density at radius 1 is 1.12 bits per heavy atom. The molecule has 0 heterocycles. The number of aryl methyl sites for hydroxylation is 1. The molecular formula is C15H14N4O5. The number of hydrogen-bond acceptors (Lipinski definition) is 7. The predicted octanol–water partition coefficient (Wildman–Crippen LogP) is 3.24. The minimum Gasteiger partial charge on any atom is -0.508 e. The Kier molecular flexibility index (Phi) is 5.40. The maximum atomic E-state index is 11.0. The van der Waals surface area contributed by atoms with E-state index in [-0.39, 0.29) is 17.1 Å². The van der Waals surface area contributed by atoms with Crippen molar-refractivity contribution in [3.63, 3.8) is 0 Å². The Hall–Kier alpha value is -3.49. The number of aromatic hydroxyl groups is 1. The van der Waals surface area contributed by atoms with Crippen LogP contribution in [0.1, 0.15) is 12.0 Å². The topological polar surface area (TPSA) is 131 Å². The van der Waals surface area contributed by atoms with Crippen LogP contribution in [0, 0.1) is 20.2 Å². The Morgan fingerprint density at radius 3 is 2.54 bits per heavy atom. The number of phenolic OH excluding ortho intramolecular Hbond substituents is 1. The van der Waals surface area contributed by atoms with E-state index in [4.69, 9.17) is 0 Å². The number of nitro benzene ring substituents is 2. The van der Waals surface area contributed by atoms with E-state index < -0.39 is 15.5 Å². The number of nitrogens with zero attached hydrogens (tertiary/aromatic N) is 3. The predicted molar refractivity (Wildman–Crippen MR) is 88.3 cm³/mol. The van der Waals surface area contributed by atoms with Crippen molar-refractivity contribution < 1.29 is 15.0 Å². The molecule has 0 aromatic heterocycles. The Balaban J connectivity index is 1.99. The van der Waals surface area contributed by atoms with Crippen molar-refractivity contribution in [2.24, 2.45) is 5.10 Å². The fourth-order valence-electron chi connectivity index (χ4n) is 2.00. The summed E-state index contributed by atoms with van der Waals surface area (Å²) in [6, 6.07) is 10.2. The van der Waals surface area contributed by atoms with Gasteiger partial charge in [0.05, 0.1) is 15.9 Å². The third kappa shape index (κ3) is 4.26. The van der Waals surface area contributed by atoms with E-state index in [0.29, 0.717) is 12.8 Å². The van der Waals surface area contributed by atoms with Crippen molar-refractivity contribution in [3.8, 4) is 5.75 Å². The van der Waals surface area contributed by atoms with E-state index in [1.807, 2.05) is 6.07 Å². The highest BCUT2D eigenvalue weighted by molar-refractivity contribution is 5.67. The monoisotopic (exact) mass is 330 g/mol. The van der Waals surface area contributed by atoms with Gasteiger partial charge in [0.2, 0.25) is 0 Å².